The molecule has 0 saturated heterocycles. The van der Waals surface area contributed by atoms with Gasteiger partial charge in [-0.1, -0.05) is 17.7 Å². The first-order valence-electron chi connectivity index (χ1n) is 7.28. The second-order valence-corrected chi connectivity index (χ2v) is 7.64. The van der Waals surface area contributed by atoms with Gasteiger partial charge in [-0.25, -0.2) is 4.98 Å². The van der Waals surface area contributed by atoms with Crippen LogP contribution in [0.4, 0.5) is 11.4 Å². The highest BCUT2D eigenvalue weighted by atomic mass is 35.5. The summed E-state index contributed by atoms with van der Waals surface area (Å²) >= 11 is 9.25. The first kappa shape index (κ1) is 17.0. The summed E-state index contributed by atoms with van der Waals surface area (Å²) in [6.45, 7) is 0. The van der Waals surface area contributed by atoms with Gasteiger partial charge >= 0.3 is 0 Å². The number of carbonyl (C=O) groups is 1. The number of nitrogens with zero attached hydrogens (tertiary/aromatic N) is 2. The molecule has 0 bridgehead atoms. The van der Waals surface area contributed by atoms with Crippen LogP contribution in [0, 0.1) is 0 Å². The number of thiophene rings is 1. The second-order valence-electron chi connectivity index (χ2n) is 5.40. The van der Waals surface area contributed by atoms with Crippen LogP contribution in [0.15, 0.2) is 41.1 Å². The molecule has 4 nitrogen and oxygen atoms in total. The van der Waals surface area contributed by atoms with Gasteiger partial charge < -0.3 is 10.2 Å². The van der Waals surface area contributed by atoms with Crippen molar-refractivity contribution in [1.29, 1.82) is 0 Å². The van der Waals surface area contributed by atoms with Gasteiger partial charge in [0.1, 0.15) is 5.01 Å². The van der Waals surface area contributed by atoms with Gasteiger partial charge in [0, 0.05) is 24.5 Å². The number of anilines is 2. The quantitative estimate of drug-likeness (QED) is 0.696. The first-order chi connectivity index (χ1) is 11.5. The van der Waals surface area contributed by atoms with Gasteiger partial charge in [0.2, 0.25) is 5.91 Å². The Kier molecular flexibility index (Phi) is 5.18. The molecule has 1 aromatic carbocycles. The van der Waals surface area contributed by atoms with Crippen LogP contribution in [0.2, 0.25) is 5.02 Å². The molecule has 1 N–H and O–H groups in total. The molecule has 7 heteroatoms. The SMILES string of the molecule is CN(C)c1ccc(Cl)cc1NC(=O)Cc1csc(-c2cccs2)n1. The number of aromatic nitrogens is 1. The molecular weight excluding hydrogens is 362 g/mol. The minimum atomic E-state index is -0.108. The molecule has 3 aromatic rings. The van der Waals surface area contributed by atoms with Gasteiger partial charge in [0.15, 0.2) is 0 Å². The topological polar surface area (TPSA) is 45.2 Å². The van der Waals surface area contributed by atoms with E-state index < -0.39 is 0 Å². The zero-order chi connectivity index (χ0) is 17.1. The van der Waals surface area contributed by atoms with Crippen molar-refractivity contribution in [3.05, 3.63) is 51.8 Å². The van der Waals surface area contributed by atoms with E-state index in [4.69, 9.17) is 11.6 Å². The van der Waals surface area contributed by atoms with E-state index in [-0.39, 0.29) is 12.3 Å². The minimum absolute atomic E-state index is 0.108. The second kappa shape index (κ2) is 7.34. The van der Waals surface area contributed by atoms with Gasteiger partial charge in [0.25, 0.3) is 0 Å². The molecule has 0 aliphatic rings. The van der Waals surface area contributed by atoms with Crippen LogP contribution in [-0.4, -0.2) is 25.0 Å². The Morgan fingerprint density at radius 3 is 2.83 bits per heavy atom. The Labute approximate surface area is 153 Å². The predicted octanol–water partition coefficient (Wildman–Crippen LogP) is 4.77. The van der Waals surface area contributed by atoms with Crippen molar-refractivity contribution >= 4 is 51.6 Å². The van der Waals surface area contributed by atoms with Crippen LogP contribution < -0.4 is 10.2 Å². The van der Waals surface area contributed by atoms with Crippen molar-refractivity contribution in [2.45, 2.75) is 6.42 Å². The molecular formula is C17H16ClN3OS2. The highest BCUT2D eigenvalue weighted by Gasteiger charge is 2.12. The lowest BCUT2D eigenvalue weighted by Gasteiger charge is -2.18. The third-order valence-electron chi connectivity index (χ3n) is 3.34. The molecule has 0 radical (unpaired) electrons. The summed E-state index contributed by atoms with van der Waals surface area (Å²) in [5.41, 5.74) is 2.38. The molecule has 0 fully saturated rings. The maximum atomic E-state index is 12.4. The number of benzene rings is 1. The fraction of sp³-hybridized carbons (Fsp3) is 0.176. The number of nitrogens with one attached hydrogen (secondary N) is 1. The number of halogens is 1. The molecule has 0 aliphatic carbocycles. The Morgan fingerprint density at radius 1 is 1.29 bits per heavy atom. The molecule has 0 spiro atoms. The van der Waals surface area contributed by atoms with E-state index in [9.17, 15) is 4.79 Å². The summed E-state index contributed by atoms with van der Waals surface area (Å²) < 4.78 is 0. The van der Waals surface area contributed by atoms with Gasteiger partial charge in [-0.3, -0.25) is 4.79 Å². The maximum Gasteiger partial charge on any atom is 0.230 e. The summed E-state index contributed by atoms with van der Waals surface area (Å²) in [4.78, 5) is 20.0. The highest BCUT2D eigenvalue weighted by Crippen LogP contribution is 2.29. The molecule has 2 aromatic heterocycles. The lowest BCUT2D eigenvalue weighted by atomic mass is 10.2. The lowest BCUT2D eigenvalue weighted by molar-refractivity contribution is -0.115. The van der Waals surface area contributed by atoms with Gasteiger partial charge in [-0.15, -0.1) is 22.7 Å². The summed E-state index contributed by atoms with van der Waals surface area (Å²) in [7, 11) is 3.85. The number of rotatable bonds is 5. The molecule has 0 aliphatic heterocycles. The number of thiazole rings is 1. The number of carbonyl (C=O) groups excluding carboxylic acids is 1. The van der Waals surface area contributed by atoms with Gasteiger partial charge in [0.05, 0.1) is 28.4 Å². The van der Waals surface area contributed by atoms with Gasteiger partial charge in [-0.05, 0) is 29.6 Å². The largest absolute Gasteiger partial charge is 0.376 e. The van der Waals surface area contributed by atoms with E-state index in [2.05, 4.69) is 10.3 Å². The molecule has 1 amide bonds. The highest BCUT2D eigenvalue weighted by molar-refractivity contribution is 7.20. The fourth-order valence-corrected chi connectivity index (χ4v) is 4.06. The summed E-state index contributed by atoms with van der Waals surface area (Å²) in [5, 5.41) is 8.41. The monoisotopic (exact) mass is 377 g/mol. The summed E-state index contributed by atoms with van der Waals surface area (Å²) in [6.07, 6.45) is 0.237. The van der Waals surface area contributed by atoms with Crippen molar-refractivity contribution in [3.63, 3.8) is 0 Å². The van der Waals surface area contributed by atoms with Crippen molar-refractivity contribution in [3.8, 4) is 9.88 Å². The summed E-state index contributed by atoms with van der Waals surface area (Å²) in [5.74, 6) is -0.108. The average molecular weight is 378 g/mol. The number of amides is 1. The van der Waals surface area contributed by atoms with Crippen molar-refractivity contribution < 1.29 is 4.79 Å². The molecule has 2 heterocycles. The minimum Gasteiger partial charge on any atom is -0.376 e. The molecule has 24 heavy (non-hydrogen) atoms. The van der Waals surface area contributed by atoms with Gasteiger partial charge in [-0.2, -0.15) is 0 Å². The van der Waals surface area contributed by atoms with Crippen molar-refractivity contribution in [2.75, 3.05) is 24.3 Å². The molecule has 0 unspecified atom stereocenters. The van der Waals surface area contributed by atoms with Crippen LogP contribution in [-0.2, 0) is 11.2 Å². The Bertz CT molecular complexity index is 843. The third-order valence-corrected chi connectivity index (χ3v) is 5.51. The Balaban J connectivity index is 1.71. The Morgan fingerprint density at radius 2 is 2.12 bits per heavy atom. The van der Waals surface area contributed by atoms with Crippen LogP contribution >= 0.6 is 34.3 Å². The number of hydrogen-bond donors (Lipinski definition) is 1. The van der Waals surface area contributed by atoms with E-state index in [0.29, 0.717) is 10.7 Å². The zero-order valence-corrected chi connectivity index (χ0v) is 15.6. The zero-order valence-electron chi connectivity index (χ0n) is 13.2. The molecule has 3 rings (SSSR count). The smallest absolute Gasteiger partial charge is 0.230 e. The normalized spacial score (nSPS) is 10.6. The van der Waals surface area contributed by atoms with Crippen molar-refractivity contribution in [1.82, 2.24) is 4.98 Å². The van der Waals surface area contributed by atoms with Crippen LogP contribution in [0.5, 0.6) is 0 Å². The van der Waals surface area contributed by atoms with E-state index >= 15 is 0 Å². The molecule has 124 valence electrons. The molecule has 0 saturated carbocycles. The van der Waals surface area contributed by atoms with Crippen molar-refractivity contribution in [2.24, 2.45) is 0 Å². The van der Waals surface area contributed by atoms with Crippen LogP contribution in [0.1, 0.15) is 5.69 Å². The number of hydrogen-bond acceptors (Lipinski definition) is 5. The van der Waals surface area contributed by atoms with E-state index in [1.54, 1.807) is 34.8 Å². The van der Waals surface area contributed by atoms with E-state index in [1.807, 2.05) is 48.0 Å². The Hall–Kier alpha value is -1.89. The van der Waals surface area contributed by atoms with E-state index in [1.165, 1.54) is 0 Å². The average Bonchev–Trinajstić information content (AvgIpc) is 3.17. The first-order valence-corrected chi connectivity index (χ1v) is 9.41. The lowest BCUT2D eigenvalue weighted by Crippen LogP contribution is -2.18. The summed E-state index contributed by atoms with van der Waals surface area (Å²) in [6, 6.07) is 9.47. The third kappa shape index (κ3) is 3.95. The fourth-order valence-electron chi connectivity index (χ4n) is 2.26. The maximum absolute atomic E-state index is 12.4. The predicted molar refractivity (Wildman–Crippen MR) is 104 cm³/mol. The van der Waals surface area contributed by atoms with Crippen LogP contribution in [0.25, 0.3) is 9.88 Å². The standard InChI is InChI=1S/C17H16ClN3OS2/c1-21(2)14-6-5-11(18)8-13(14)20-16(22)9-12-10-24-17(19-12)15-4-3-7-23-15/h3-8,10H,9H2,1-2H3,(H,20,22). The van der Waals surface area contributed by atoms with E-state index in [0.717, 1.165) is 21.3 Å². The molecule has 0 atom stereocenters. The van der Waals surface area contributed by atoms with Crippen LogP contribution in [0.3, 0.4) is 0 Å².